The van der Waals surface area contributed by atoms with E-state index < -0.39 is 0 Å². The summed E-state index contributed by atoms with van der Waals surface area (Å²) in [5.41, 5.74) is 0.229. The van der Waals surface area contributed by atoms with Crippen molar-refractivity contribution in [1.29, 1.82) is 0 Å². The van der Waals surface area contributed by atoms with Gasteiger partial charge in [0.05, 0.1) is 0 Å². The molecule has 0 amide bonds. The SMILES string of the molecule is CCn1c(NCCC(C)C)nc2c1c(=O)n(C)c(=O)n2C. The third-order valence-electron chi connectivity index (χ3n) is 3.67. The number of hydrogen-bond acceptors (Lipinski definition) is 4. The number of anilines is 1. The molecule has 0 aliphatic heterocycles. The van der Waals surface area contributed by atoms with Crippen LogP contribution in [-0.2, 0) is 20.6 Å². The Morgan fingerprint density at radius 2 is 1.86 bits per heavy atom. The van der Waals surface area contributed by atoms with E-state index in [1.54, 1.807) is 7.05 Å². The fourth-order valence-corrected chi connectivity index (χ4v) is 2.36. The van der Waals surface area contributed by atoms with Crippen molar-refractivity contribution in [2.75, 3.05) is 11.9 Å². The lowest BCUT2D eigenvalue weighted by Crippen LogP contribution is -2.37. The Kier molecular flexibility index (Phi) is 4.20. The molecule has 0 atom stereocenters. The van der Waals surface area contributed by atoms with Gasteiger partial charge in [-0.25, -0.2) is 4.79 Å². The molecule has 0 fully saturated rings. The number of nitrogens with zero attached hydrogens (tertiary/aromatic N) is 4. The maximum atomic E-state index is 12.3. The van der Waals surface area contributed by atoms with Crippen LogP contribution in [0.2, 0.25) is 0 Å². The lowest BCUT2D eigenvalue weighted by Gasteiger charge is -2.09. The summed E-state index contributed by atoms with van der Waals surface area (Å²) >= 11 is 0. The normalized spacial score (nSPS) is 11.5. The minimum Gasteiger partial charge on any atom is -0.356 e. The Hall–Kier alpha value is -2.05. The number of nitrogens with one attached hydrogen (secondary N) is 1. The predicted octanol–water partition coefficient (Wildman–Crippen LogP) is 0.912. The van der Waals surface area contributed by atoms with Gasteiger partial charge in [-0.1, -0.05) is 13.8 Å². The van der Waals surface area contributed by atoms with E-state index in [-0.39, 0.29) is 11.2 Å². The first-order valence-electron chi connectivity index (χ1n) is 7.28. The molecular formula is C14H23N5O2. The molecule has 1 N–H and O–H groups in total. The molecular weight excluding hydrogens is 270 g/mol. The monoisotopic (exact) mass is 293 g/mol. The molecule has 21 heavy (non-hydrogen) atoms. The van der Waals surface area contributed by atoms with Gasteiger partial charge in [0, 0.05) is 27.2 Å². The van der Waals surface area contributed by atoms with Gasteiger partial charge >= 0.3 is 5.69 Å². The average molecular weight is 293 g/mol. The number of fused-ring (bicyclic) bond motifs is 1. The van der Waals surface area contributed by atoms with Crippen LogP contribution in [0.4, 0.5) is 5.95 Å². The van der Waals surface area contributed by atoms with Gasteiger partial charge in [-0.15, -0.1) is 0 Å². The van der Waals surface area contributed by atoms with Crippen molar-refractivity contribution in [2.45, 2.75) is 33.7 Å². The predicted molar refractivity (Wildman–Crippen MR) is 83.8 cm³/mol. The number of hydrogen-bond donors (Lipinski definition) is 1. The van der Waals surface area contributed by atoms with Crippen LogP contribution in [0.5, 0.6) is 0 Å². The summed E-state index contributed by atoms with van der Waals surface area (Å²) in [5.74, 6) is 1.24. The highest BCUT2D eigenvalue weighted by Gasteiger charge is 2.17. The van der Waals surface area contributed by atoms with Gasteiger partial charge in [0.25, 0.3) is 5.56 Å². The van der Waals surface area contributed by atoms with Crippen LogP contribution in [0, 0.1) is 5.92 Å². The van der Waals surface area contributed by atoms with E-state index in [1.807, 2.05) is 11.5 Å². The molecule has 0 saturated carbocycles. The van der Waals surface area contributed by atoms with E-state index in [2.05, 4.69) is 24.1 Å². The fourth-order valence-electron chi connectivity index (χ4n) is 2.36. The van der Waals surface area contributed by atoms with E-state index in [4.69, 9.17) is 0 Å². The first-order valence-corrected chi connectivity index (χ1v) is 7.28. The van der Waals surface area contributed by atoms with Crippen LogP contribution in [0.1, 0.15) is 27.2 Å². The lowest BCUT2D eigenvalue weighted by molar-refractivity contribution is 0.604. The Morgan fingerprint density at radius 1 is 1.19 bits per heavy atom. The first-order chi connectivity index (χ1) is 9.88. The number of rotatable bonds is 5. The zero-order valence-electron chi connectivity index (χ0n) is 13.3. The van der Waals surface area contributed by atoms with Crippen LogP contribution in [-0.4, -0.2) is 25.2 Å². The van der Waals surface area contributed by atoms with Crippen LogP contribution in [0.15, 0.2) is 9.59 Å². The summed E-state index contributed by atoms with van der Waals surface area (Å²) in [6.07, 6.45) is 1.02. The van der Waals surface area contributed by atoms with E-state index in [0.29, 0.717) is 29.6 Å². The van der Waals surface area contributed by atoms with Crippen LogP contribution < -0.4 is 16.6 Å². The molecule has 0 saturated heterocycles. The van der Waals surface area contributed by atoms with Gasteiger partial charge in [-0.2, -0.15) is 4.98 Å². The summed E-state index contributed by atoms with van der Waals surface area (Å²) < 4.78 is 4.36. The highest BCUT2D eigenvalue weighted by molar-refractivity contribution is 5.74. The topological polar surface area (TPSA) is 73.8 Å². The van der Waals surface area contributed by atoms with Gasteiger partial charge in [0.2, 0.25) is 5.95 Å². The first kappa shape index (κ1) is 15.3. The molecule has 2 heterocycles. The maximum Gasteiger partial charge on any atom is 0.332 e. The second kappa shape index (κ2) is 5.75. The number of aryl methyl sites for hydroxylation is 2. The number of aromatic nitrogens is 4. The molecule has 0 aromatic carbocycles. The summed E-state index contributed by atoms with van der Waals surface area (Å²) in [6.45, 7) is 7.68. The maximum absolute atomic E-state index is 12.3. The number of imidazole rings is 1. The minimum atomic E-state index is -0.359. The molecule has 7 heteroatoms. The lowest BCUT2D eigenvalue weighted by atomic mass is 10.1. The molecule has 0 aliphatic carbocycles. The second-order valence-corrected chi connectivity index (χ2v) is 5.67. The third kappa shape index (κ3) is 2.59. The van der Waals surface area contributed by atoms with Crippen LogP contribution >= 0.6 is 0 Å². The quantitative estimate of drug-likeness (QED) is 0.889. The summed E-state index contributed by atoms with van der Waals surface area (Å²) in [6, 6.07) is 0. The average Bonchev–Trinajstić information content (AvgIpc) is 2.81. The molecule has 0 radical (unpaired) electrons. The van der Waals surface area contributed by atoms with Crippen LogP contribution in [0.25, 0.3) is 11.2 Å². The van der Waals surface area contributed by atoms with E-state index in [0.717, 1.165) is 17.5 Å². The summed E-state index contributed by atoms with van der Waals surface area (Å²) in [7, 11) is 3.12. The highest BCUT2D eigenvalue weighted by atomic mass is 16.2. The molecule has 0 bridgehead atoms. The highest BCUT2D eigenvalue weighted by Crippen LogP contribution is 2.15. The third-order valence-corrected chi connectivity index (χ3v) is 3.67. The minimum absolute atomic E-state index is 0.306. The second-order valence-electron chi connectivity index (χ2n) is 5.67. The molecule has 0 spiro atoms. The molecule has 0 unspecified atom stereocenters. The zero-order chi connectivity index (χ0) is 15.7. The fraction of sp³-hybridized carbons (Fsp3) is 0.643. The zero-order valence-corrected chi connectivity index (χ0v) is 13.3. The van der Waals surface area contributed by atoms with Gasteiger partial charge in [0.15, 0.2) is 11.2 Å². The van der Waals surface area contributed by atoms with E-state index in [9.17, 15) is 9.59 Å². The van der Waals surface area contributed by atoms with Crippen molar-refractivity contribution >= 4 is 17.1 Å². The van der Waals surface area contributed by atoms with Crippen molar-refractivity contribution < 1.29 is 0 Å². The summed E-state index contributed by atoms with van der Waals surface area (Å²) in [4.78, 5) is 28.8. The Balaban J connectivity index is 2.59. The Bertz CT molecular complexity index is 766. The standard InChI is InChI=1S/C14H23N5O2/c1-6-19-10-11(16-13(19)15-8-7-9(2)3)17(4)14(21)18(5)12(10)20/h9H,6-8H2,1-5H3,(H,15,16). The van der Waals surface area contributed by atoms with E-state index in [1.165, 1.54) is 11.6 Å². The van der Waals surface area contributed by atoms with Crippen LogP contribution in [0.3, 0.4) is 0 Å². The van der Waals surface area contributed by atoms with Crippen molar-refractivity contribution in [1.82, 2.24) is 18.7 Å². The van der Waals surface area contributed by atoms with Crippen molar-refractivity contribution in [3.05, 3.63) is 20.8 Å². The van der Waals surface area contributed by atoms with Crippen molar-refractivity contribution in [3.63, 3.8) is 0 Å². The molecule has 2 aromatic rings. The van der Waals surface area contributed by atoms with Crippen molar-refractivity contribution in [3.8, 4) is 0 Å². The Morgan fingerprint density at radius 3 is 2.43 bits per heavy atom. The molecule has 7 nitrogen and oxygen atoms in total. The van der Waals surface area contributed by atoms with Gasteiger partial charge in [-0.3, -0.25) is 13.9 Å². The van der Waals surface area contributed by atoms with E-state index >= 15 is 0 Å². The summed E-state index contributed by atoms with van der Waals surface area (Å²) in [5, 5.41) is 3.27. The molecule has 2 aromatic heterocycles. The van der Waals surface area contributed by atoms with Gasteiger partial charge < -0.3 is 9.88 Å². The molecule has 2 rings (SSSR count). The van der Waals surface area contributed by atoms with Gasteiger partial charge in [-0.05, 0) is 19.3 Å². The smallest absolute Gasteiger partial charge is 0.332 e. The van der Waals surface area contributed by atoms with Crippen molar-refractivity contribution in [2.24, 2.45) is 20.0 Å². The van der Waals surface area contributed by atoms with Gasteiger partial charge in [0.1, 0.15) is 0 Å². The Labute approximate surface area is 123 Å². The molecule has 116 valence electrons. The largest absolute Gasteiger partial charge is 0.356 e. The molecule has 0 aliphatic rings.